The highest BCUT2D eigenvalue weighted by molar-refractivity contribution is 6.29. The molecule has 0 bridgehead atoms. The van der Waals surface area contributed by atoms with Crippen molar-refractivity contribution in [2.24, 2.45) is 0 Å². The van der Waals surface area contributed by atoms with Gasteiger partial charge in [0.25, 0.3) is 5.56 Å². The maximum Gasteiger partial charge on any atom is 0.255 e. The van der Waals surface area contributed by atoms with Crippen LogP contribution in [0.25, 0.3) is 0 Å². The van der Waals surface area contributed by atoms with Gasteiger partial charge in [-0.15, -0.1) is 0 Å². The predicted octanol–water partition coefficient (Wildman–Crippen LogP) is 0.458. The van der Waals surface area contributed by atoms with Gasteiger partial charge in [0.05, 0.1) is 11.3 Å². The zero-order valence-corrected chi connectivity index (χ0v) is 6.33. The number of nitrogens with one attached hydrogen (secondary N) is 3. The lowest BCUT2D eigenvalue weighted by Gasteiger charge is -1.96. The Morgan fingerprint density at radius 3 is 3.18 bits per heavy atom. The Morgan fingerprint density at radius 2 is 2.36 bits per heavy atom. The summed E-state index contributed by atoms with van der Waals surface area (Å²) in [6.45, 7) is 0.543. The van der Waals surface area contributed by atoms with Crippen molar-refractivity contribution in [2.75, 3.05) is 5.43 Å². The van der Waals surface area contributed by atoms with Gasteiger partial charge in [0.1, 0.15) is 5.15 Å². The van der Waals surface area contributed by atoms with E-state index >= 15 is 0 Å². The Kier molecular flexibility index (Phi) is 1.37. The minimum absolute atomic E-state index is 0.134. The Labute approximate surface area is 67.5 Å². The smallest absolute Gasteiger partial charge is 0.255 e. The molecular formula is C6H6ClN3O. The fraction of sp³-hybridized carbons (Fsp3) is 0.167. The lowest BCUT2D eigenvalue weighted by Crippen LogP contribution is -2.13. The van der Waals surface area contributed by atoms with Crippen LogP contribution >= 0.6 is 11.6 Å². The summed E-state index contributed by atoms with van der Waals surface area (Å²) < 4.78 is 0. The van der Waals surface area contributed by atoms with Gasteiger partial charge in [0.2, 0.25) is 0 Å². The number of rotatable bonds is 0. The highest BCUT2D eigenvalue weighted by Crippen LogP contribution is 2.17. The van der Waals surface area contributed by atoms with Gasteiger partial charge < -0.3 is 10.4 Å². The zero-order chi connectivity index (χ0) is 7.84. The molecule has 2 rings (SSSR count). The van der Waals surface area contributed by atoms with Gasteiger partial charge in [-0.25, -0.2) is 5.43 Å². The van der Waals surface area contributed by atoms with E-state index in [1.165, 1.54) is 0 Å². The molecule has 1 aliphatic heterocycles. The van der Waals surface area contributed by atoms with Crippen LogP contribution in [0.3, 0.4) is 0 Å². The number of anilines is 1. The molecule has 58 valence electrons. The lowest BCUT2D eigenvalue weighted by atomic mass is 10.2. The number of hydrogen-bond acceptors (Lipinski definition) is 3. The molecule has 0 unspecified atom stereocenters. The summed E-state index contributed by atoms with van der Waals surface area (Å²) >= 11 is 5.61. The first-order valence-corrected chi connectivity index (χ1v) is 3.56. The summed E-state index contributed by atoms with van der Waals surface area (Å²) in [5, 5.41) is 0.352. The monoisotopic (exact) mass is 171 g/mol. The molecule has 3 N–H and O–H groups in total. The van der Waals surface area contributed by atoms with Crippen molar-refractivity contribution in [3.05, 3.63) is 27.1 Å². The van der Waals surface area contributed by atoms with Crippen LogP contribution in [-0.4, -0.2) is 4.98 Å². The first-order chi connectivity index (χ1) is 5.27. The molecule has 0 aromatic carbocycles. The summed E-state index contributed by atoms with van der Waals surface area (Å²) in [5.41, 5.74) is 6.99. The molecule has 1 aromatic rings. The van der Waals surface area contributed by atoms with E-state index in [-0.39, 0.29) is 5.56 Å². The number of fused-ring (bicyclic) bond motifs is 1. The summed E-state index contributed by atoms with van der Waals surface area (Å²) in [7, 11) is 0. The van der Waals surface area contributed by atoms with Crippen LogP contribution in [0.4, 0.5) is 5.69 Å². The molecule has 11 heavy (non-hydrogen) atoms. The Balaban J connectivity index is 2.70. The van der Waals surface area contributed by atoms with Gasteiger partial charge in [0.15, 0.2) is 0 Å². The molecule has 1 aliphatic rings. The normalized spacial score (nSPS) is 14.3. The Morgan fingerprint density at radius 1 is 1.55 bits per heavy atom. The maximum atomic E-state index is 11.1. The third-order valence-corrected chi connectivity index (χ3v) is 1.80. The molecule has 0 saturated carbocycles. The molecule has 5 heteroatoms. The van der Waals surface area contributed by atoms with Crippen LogP contribution in [0, 0.1) is 0 Å². The number of hydrazine groups is 1. The zero-order valence-electron chi connectivity index (χ0n) is 5.57. The Bertz CT molecular complexity index is 346. The van der Waals surface area contributed by atoms with Gasteiger partial charge in [-0.2, -0.15) is 0 Å². The number of hydrogen-bond donors (Lipinski definition) is 3. The molecule has 2 heterocycles. The van der Waals surface area contributed by atoms with Gasteiger partial charge in [-0.05, 0) is 6.07 Å². The van der Waals surface area contributed by atoms with Crippen LogP contribution in [-0.2, 0) is 6.54 Å². The summed E-state index contributed by atoms with van der Waals surface area (Å²) in [6.07, 6.45) is 0. The van der Waals surface area contributed by atoms with E-state index in [2.05, 4.69) is 15.8 Å². The van der Waals surface area contributed by atoms with Crippen LogP contribution in [0.1, 0.15) is 5.56 Å². The van der Waals surface area contributed by atoms with Crippen molar-refractivity contribution in [1.82, 2.24) is 10.4 Å². The van der Waals surface area contributed by atoms with E-state index in [1.54, 1.807) is 6.07 Å². The van der Waals surface area contributed by atoms with Gasteiger partial charge in [-0.1, -0.05) is 11.6 Å². The second kappa shape index (κ2) is 2.25. The van der Waals surface area contributed by atoms with Crippen LogP contribution in [0.5, 0.6) is 0 Å². The topological polar surface area (TPSA) is 56.9 Å². The molecule has 1 aromatic heterocycles. The molecule has 0 saturated heterocycles. The average molecular weight is 172 g/mol. The van der Waals surface area contributed by atoms with Crippen LogP contribution < -0.4 is 16.4 Å². The van der Waals surface area contributed by atoms with E-state index in [1.807, 2.05) is 0 Å². The third kappa shape index (κ3) is 1.00. The predicted molar refractivity (Wildman–Crippen MR) is 42.5 cm³/mol. The number of aromatic amines is 1. The molecular weight excluding hydrogens is 166 g/mol. The van der Waals surface area contributed by atoms with Crippen molar-refractivity contribution in [3.8, 4) is 0 Å². The maximum absolute atomic E-state index is 11.1. The molecule has 0 aliphatic carbocycles. The highest BCUT2D eigenvalue weighted by Gasteiger charge is 2.13. The largest absolute Gasteiger partial charge is 0.321 e. The van der Waals surface area contributed by atoms with Crippen molar-refractivity contribution in [1.29, 1.82) is 0 Å². The van der Waals surface area contributed by atoms with Crippen molar-refractivity contribution < 1.29 is 0 Å². The van der Waals surface area contributed by atoms with E-state index in [0.717, 1.165) is 5.69 Å². The van der Waals surface area contributed by atoms with Gasteiger partial charge in [-0.3, -0.25) is 4.79 Å². The van der Waals surface area contributed by atoms with E-state index in [0.29, 0.717) is 17.3 Å². The summed E-state index contributed by atoms with van der Waals surface area (Å²) in [5.74, 6) is 0. The second-order valence-electron chi connectivity index (χ2n) is 2.32. The van der Waals surface area contributed by atoms with Crippen LogP contribution in [0.15, 0.2) is 10.9 Å². The molecule has 0 radical (unpaired) electrons. The first kappa shape index (κ1) is 6.69. The van der Waals surface area contributed by atoms with Crippen molar-refractivity contribution >= 4 is 17.3 Å². The first-order valence-electron chi connectivity index (χ1n) is 3.18. The Hall–Kier alpha value is -1.00. The van der Waals surface area contributed by atoms with Gasteiger partial charge >= 0.3 is 0 Å². The summed E-state index contributed by atoms with van der Waals surface area (Å²) in [4.78, 5) is 13.6. The molecule has 0 fully saturated rings. The highest BCUT2D eigenvalue weighted by atomic mass is 35.5. The van der Waals surface area contributed by atoms with Crippen molar-refractivity contribution in [2.45, 2.75) is 6.54 Å². The second-order valence-corrected chi connectivity index (χ2v) is 2.72. The summed E-state index contributed by atoms with van der Waals surface area (Å²) in [6, 6.07) is 1.68. The van der Waals surface area contributed by atoms with E-state index in [9.17, 15) is 4.79 Å². The molecule has 0 atom stereocenters. The van der Waals surface area contributed by atoms with E-state index < -0.39 is 0 Å². The fourth-order valence-electron chi connectivity index (χ4n) is 1.07. The lowest BCUT2D eigenvalue weighted by molar-refractivity contribution is 0.852. The van der Waals surface area contributed by atoms with Crippen LogP contribution in [0.2, 0.25) is 5.15 Å². The number of H-pyrrole nitrogens is 1. The minimum atomic E-state index is -0.134. The quantitative estimate of drug-likeness (QED) is 0.497. The standard InChI is InChI=1S/C6H6ClN3O/c7-5-1-4-3(2-8-10-4)6(11)9-5/h1,8,10H,2H2,(H,9,11). The number of pyridine rings is 1. The molecule has 0 spiro atoms. The number of aromatic nitrogens is 1. The SMILES string of the molecule is O=c1[nH]c(Cl)cc2c1CNN2. The minimum Gasteiger partial charge on any atom is -0.321 e. The fourth-order valence-corrected chi connectivity index (χ4v) is 1.27. The number of halogens is 1. The average Bonchev–Trinajstić information content (AvgIpc) is 2.34. The molecule has 0 amide bonds. The van der Waals surface area contributed by atoms with E-state index in [4.69, 9.17) is 11.6 Å². The third-order valence-electron chi connectivity index (χ3n) is 1.59. The van der Waals surface area contributed by atoms with Crippen molar-refractivity contribution in [3.63, 3.8) is 0 Å². The molecule has 4 nitrogen and oxygen atoms in total. The van der Waals surface area contributed by atoms with Gasteiger partial charge in [0, 0.05) is 6.54 Å².